The third-order valence-corrected chi connectivity index (χ3v) is 4.43. The molecule has 1 aliphatic rings. The molecular weight excluding hydrogens is 337 g/mol. The van der Waals surface area contributed by atoms with Crippen molar-refractivity contribution in [1.29, 1.82) is 0 Å². The number of hydrogen-bond acceptors (Lipinski definition) is 5. The van der Waals surface area contributed by atoms with E-state index in [1.807, 2.05) is 6.92 Å². The molecule has 2 aromatic rings. The van der Waals surface area contributed by atoms with Gasteiger partial charge < -0.3 is 14.4 Å². The van der Waals surface area contributed by atoms with Crippen LogP contribution in [0, 0.1) is 5.82 Å². The first-order chi connectivity index (χ1) is 12.6. The molecule has 2 heterocycles. The fourth-order valence-corrected chi connectivity index (χ4v) is 2.94. The normalized spacial score (nSPS) is 17.0. The van der Waals surface area contributed by atoms with Gasteiger partial charge in [0.05, 0.1) is 13.7 Å². The smallest absolute Gasteiger partial charge is 0.316 e. The number of likely N-dealkylation sites (tertiary alicyclic amines) is 1. The SMILES string of the molecule is CCc1cnc(OC2CCCN(C(=O)c3ccc(OC)c(F)c3)C2)nc1. The molecule has 138 valence electrons. The Labute approximate surface area is 152 Å². The summed E-state index contributed by atoms with van der Waals surface area (Å²) >= 11 is 0. The Morgan fingerprint density at radius 1 is 1.35 bits per heavy atom. The molecule has 0 radical (unpaired) electrons. The zero-order chi connectivity index (χ0) is 18.5. The van der Waals surface area contributed by atoms with E-state index in [0.717, 1.165) is 24.8 Å². The second-order valence-electron chi connectivity index (χ2n) is 6.21. The van der Waals surface area contributed by atoms with E-state index in [1.54, 1.807) is 23.4 Å². The molecule has 0 N–H and O–H groups in total. The van der Waals surface area contributed by atoms with Crippen LogP contribution >= 0.6 is 0 Å². The molecule has 1 atom stereocenters. The molecule has 1 saturated heterocycles. The standard InChI is InChI=1S/C19H22FN3O3/c1-3-13-10-21-19(22-11-13)26-15-5-4-8-23(12-15)18(24)14-6-7-17(25-2)16(20)9-14/h6-7,9-11,15H,3-5,8,12H2,1-2H3. The van der Waals surface area contributed by atoms with Gasteiger partial charge in [0.1, 0.15) is 6.10 Å². The zero-order valence-corrected chi connectivity index (χ0v) is 14.9. The summed E-state index contributed by atoms with van der Waals surface area (Å²) in [7, 11) is 1.39. The van der Waals surface area contributed by atoms with Crippen molar-refractivity contribution in [3.63, 3.8) is 0 Å². The topological polar surface area (TPSA) is 64.5 Å². The van der Waals surface area contributed by atoms with Crippen LogP contribution in [0.1, 0.15) is 35.7 Å². The molecule has 7 heteroatoms. The van der Waals surface area contributed by atoms with Crippen LogP contribution in [-0.4, -0.2) is 47.1 Å². The van der Waals surface area contributed by atoms with Crippen molar-refractivity contribution >= 4 is 5.91 Å². The van der Waals surface area contributed by atoms with Crippen molar-refractivity contribution in [3.8, 4) is 11.8 Å². The quantitative estimate of drug-likeness (QED) is 0.821. The van der Waals surface area contributed by atoms with Gasteiger partial charge in [0, 0.05) is 24.5 Å². The monoisotopic (exact) mass is 359 g/mol. The number of rotatable bonds is 5. The van der Waals surface area contributed by atoms with E-state index in [2.05, 4.69) is 9.97 Å². The fourth-order valence-electron chi connectivity index (χ4n) is 2.94. The Kier molecular flexibility index (Phi) is 5.65. The summed E-state index contributed by atoms with van der Waals surface area (Å²) in [5, 5.41) is 0. The predicted octanol–water partition coefficient (Wildman–Crippen LogP) is 2.87. The Morgan fingerprint density at radius 3 is 2.77 bits per heavy atom. The van der Waals surface area contributed by atoms with Crippen LogP contribution in [0.4, 0.5) is 4.39 Å². The van der Waals surface area contributed by atoms with Gasteiger partial charge in [0.25, 0.3) is 5.91 Å². The highest BCUT2D eigenvalue weighted by Crippen LogP contribution is 2.21. The maximum atomic E-state index is 13.9. The van der Waals surface area contributed by atoms with Gasteiger partial charge in [-0.15, -0.1) is 0 Å². The first-order valence-electron chi connectivity index (χ1n) is 8.71. The minimum atomic E-state index is -0.549. The molecular formula is C19H22FN3O3. The summed E-state index contributed by atoms with van der Waals surface area (Å²) < 4.78 is 24.6. The minimum absolute atomic E-state index is 0.120. The van der Waals surface area contributed by atoms with Gasteiger partial charge >= 0.3 is 6.01 Å². The van der Waals surface area contributed by atoms with E-state index in [0.29, 0.717) is 24.7 Å². The number of benzene rings is 1. The van der Waals surface area contributed by atoms with Crippen molar-refractivity contribution in [1.82, 2.24) is 14.9 Å². The highest BCUT2D eigenvalue weighted by Gasteiger charge is 2.26. The van der Waals surface area contributed by atoms with E-state index in [1.165, 1.54) is 19.2 Å². The van der Waals surface area contributed by atoms with Crippen LogP contribution in [-0.2, 0) is 6.42 Å². The summed E-state index contributed by atoms with van der Waals surface area (Å²) in [5.41, 5.74) is 1.34. The molecule has 1 aromatic heterocycles. The first-order valence-corrected chi connectivity index (χ1v) is 8.71. The maximum Gasteiger partial charge on any atom is 0.316 e. The number of hydrogen-bond donors (Lipinski definition) is 0. The van der Waals surface area contributed by atoms with Gasteiger partial charge in [0.2, 0.25) is 0 Å². The van der Waals surface area contributed by atoms with Gasteiger partial charge in [0.15, 0.2) is 11.6 Å². The van der Waals surface area contributed by atoms with Gasteiger partial charge in [-0.2, -0.15) is 0 Å². The number of methoxy groups -OCH3 is 1. The fraction of sp³-hybridized carbons (Fsp3) is 0.421. The predicted molar refractivity (Wildman–Crippen MR) is 93.9 cm³/mol. The summed E-state index contributed by atoms with van der Waals surface area (Å²) in [4.78, 5) is 22.7. The van der Waals surface area contributed by atoms with Crippen molar-refractivity contribution in [3.05, 3.63) is 47.5 Å². The second-order valence-corrected chi connectivity index (χ2v) is 6.21. The summed E-state index contributed by atoms with van der Waals surface area (Å²) in [6, 6.07) is 4.56. The summed E-state index contributed by atoms with van der Waals surface area (Å²) in [6.07, 6.45) is 5.80. The largest absolute Gasteiger partial charge is 0.494 e. The lowest BCUT2D eigenvalue weighted by Crippen LogP contribution is -2.44. The molecule has 26 heavy (non-hydrogen) atoms. The number of carbonyl (C=O) groups excluding carboxylic acids is 1. The third-order valence-electron chi connectivity index (χ3n) is 4.43. The molecule has 1 aliphatic heterocycles. The lowest BCUT2D eigenvalue weighted by molar-refractivity contribution is 0.0515. The maximum absolute atomic E-state index is 13.9. The molecule has 0 bridgehead atoms. The Bertz CT molecular complexity index is 767. The number of amides is 1. The number of ether oxygens (including phenoxy) is 2. The number of halogens is 1. The Hall–Kier alpha value is -2.70. The van der Waals surface area contributed by atoms with Crippen LogP contribution in [0.25, 0.3) is 0 Å². The van der Waals surface area contributed by atoms with Gasteiger partial charge in [-0.25, -0.2) is 14.4 Å². The lowest BCUT2D eigenvalue weighted by Gasteiger charge is -2.32. The number of carbonyl (C=O) groups is 1. The Morgan fingerprint density at radius 2 is 2.12 bits per heavy atom. The number of nitrogens with zero attached hydrogens (tertiary/aromatic N) is 3. The van der Waals surface area contributed by atoms with Gasteiger partial charge in [-0.05, 0) is 43.0 Å². The van der Waals surface area contributed by atoms with Crippen LogP contribution in [0.3, 0.4) is 0 Å². The van der Waals surface area contributed by atoms with E-state index in [-0.39, 0.29) is 17.8 Å². The van der Waals surface area contributed by atoms with Crippen molar-refractivity contribution in [2.75, 3.05) is 20.2 Å². The van der Waals surface area contributed by atoms with Crippen molar-refractivity contribution in [2.45, 2.75) is 32.3 Å². The average molecular weight is 359 g/mol. The van der Waals surface area contributed by atoms with E-state index in [4.69, 9.17) is 9.47 Å². The summed E-state index contributed by atoms with van der Waals surface area (Å²) in [5.74, 6) is -0.649. The first kappa shape index (κ1) is 18.1. The Balaban J connectivity index is 1.65. The number of piperidine rings is 1. The molecule has 1 unspecified atom stereocenters. The van der Waals surface area contributed by atoms with Gasteiger partial charge in [-0.1, -0.05) is 6.92 Å². The molecule has 3 rings (SSSR count). The van der Waals surface area contributed by atoms with Crippen LogP contribution < -0.4 is 9.47 Å². The molecule has 0 aliphatic carbocycles. The van der Waals surface area contributed by atoms with Crippen LogP contribution in [0.5, 0.6) is 11.8 Å². The third kappa shape index (κ3) is 4.09. The highest BCUT2D eigenvalue weighted by atomic mass is 19.1. The molecule has 0 spiro atoms. The summed E-state index contributed by atoms with van der Waals surface area (Å²) in [6.45, 7) is 3.07. The molecule has 1 fully saturated rings. The van der Waals surface area contributed by atoms with E-state index in [9.17, 15) is 9.18 Å². The van der Waals surface area contributed by atoms with E-state index < -0.39 is 5.82 Å². The molecule has 1 aromatic carbocycles. The lowest BCUT2D eigenvalue weighted by atomic mass is 10.1. The van der Waals surface area contributed by atoms with E-state index >= 15 is 0 Å². The molecule has 1 amide bonds. The molecule has 0 saturated carbocycles. The van der Waals surface area contributed by atoms with Crippen molar-refractivity contribution in [2.24, 2.45) is 0 Å². The van der Waals surface area contributed by atoms with Crippen LogP contribution in [0.15, 0.2) is 30.6 Å². The zero-order valence-electron chi connectivity index (χ0n) is 14.9. The average Bonchev–Trinajstić information content (AvgIpc) is 2.68. The second kappa shape index (κ2) is 8.12. The number of aryl methyl sites for hydroxylation is 1. The van der Waals surface area contributed by atoms with Gasteiger partial charge in [-0.3, -0.25) is 4.79 Å². The molecule has 6 nitrogen and oxygen atoms in total. The van der Waals surface area contributed by atoms with Crippen LogP contribution in [0.2, 0.25) is 0 Å². The minimum Gasteiger partial charge on any atom is -0.494 e. The van der Waals surface area contributed by atoms with Crippen molar-refractivity contribution < 1.29 is 18.7 Å². The highest BCUT2D eigenvalue weighted by molar-refractivity contribution is 5.94. The number of aromatic nitrogens is 2.